The lowest BCUT2D eigenvalue weighted by Crippen LogP contribution is -2.43. The number of carbonyl (C=O) groups excluding carboxylic acids is 2. The largest absolute Gasteiger partial charge is 0.368 e. The molecule has 0 saturated carbocycles. The Labute approximate surface area is 139 Å². The summed E-state index contributed by atoms with van der Waals surface area (Å²) >= 11 is 1.43. The molecule has 1 aliphatic heterocycles. The zero-order chi connectivity index (χ0) is 16.0. The number of thioether (sulfide) groups is 1. The predicted molar refractivity (Wildman–Crippen MR) is 92.3 cm³/mol. The molecule has 0 aromatic carbocycles. The normalized spacial score (nSPS) is 18.3. The number of hydrogen-bond donors (Lipinski definition) is 1. The van der Waals surface area contributed by atoms with Gasteiger partial charge < -0.3 is 10.1 Å². The molecule has 1 aliphatic rings. The SMILES string of the molecule is CC(=O)SCCCCCCCCCCC(=O)C1CNCCO1. The molecule has 1 saturated heterocycles. The van der Waals surface area contributed by atoms with Gasteiger partial charge in [0.05, 0.1) is 6.61 Å². The second-order valence-corrected chi connectivity index (χ2v) is 7.22. The molecular weight excluding hydrogens is 298 g/mol. The van der Waals surface area contributed by atoms with E-state index >= 15 is 0 Å². The van der Waals surface area contributed by atoms with Gasteiger partial charge in [-0.25, -0.2) is 0 Å². The number of ether oxygens (including phenoxy) is 1. The first-order valence-electron chi connectivity index (χ1n) is 8.68. The van der Waals surface area contributed by atoms with Gasteiger partial charge in [0.2, 0.25) is 0 Å². The van der Waals surface area contributed by atoms with Crippen molar-refractivity contribution in [2.24, 2.45) is 0 Å². The Bertz CT molecular complexity index is 317. The predicted octanol–water partition coefficient (Wildman–Crippen LogP) is 3.33. The van der Waals surface area contributed by atoms with Crippen LogP contribution in [0.15, 0.2) is 0 Å². The van der Waals surface area contributed by atoms with Crippen LogP contribution < -0.4 is 5.32 Å². The Balaban J connectivity index is 1.81. The second-order valence-electron chi connectivity index (χ2n) is 5.95. The highest BCUT2D eigenvalue weighted by molar-refractivity contribution is 8.13. The summed E-state index contributed by atoms with van der Waals surface area (Å²) in [6, 6.07) is 0. The van der Waals surface area contributed by atoms with Crippen molar-refractivity contribution in [3.8, 4) is 0 Å². The van der Waals surface area contributed by atoms with Crippen LogP contribution >= 0.6 is 11.8 Å². The van der Waals surface area contributed by atoms with Crippen molar-refractivity contribution in [3.63, 3.8) is 0 Å². The topological polar surface area (TPSA) is 55.4 Å². The summed E-state index contributed by atoms with van der Waals surface area (Å²) in [6.45, 7) is 3.83. The minimum Gasteiger partial charge on any atom is -0.368 e. The van der Waals surface area contributed by atoms with Gasteiger partial charge in [0.15, 0.2) is 10.9 Å². The molecule has 0 aliphatic carbocycles. The first kappa shape index (κ1) is 19.7. The summed E-state index contributed by atoms with van der Waals surface area (Å²) in [5.74, 6) is 1.23. The third-order valence-electron chi connectivity index (χ3n) is 3.91. The number of morpholine rings is 1. The van der Waals surface area contributed by atoms with Crippen molar-refractivity contribution in [2.45, 2.75) is 70.8 Å². The van der Waals surface area contributed by atoms with Gasteiger partial charge in [-0.15, -0.1) is 0 Å². The average Bonchev–Trinajstić information content (AvgIpc) is 2.53. The van der Waals surface area contributed by atoms with E-state index < -0.39 is 0 Å². The molecule has 0 aromatic rings. The molecule has 128 valence electrons. The minimum absolute atomic E-state index is 0.207. The lowest BCUT2D eigenvalue weighted by molar-refractivity contribution is -0.132. The highest BCUT2D eigenvalue weighted by Crippen LogP contribution is 2.13. The molecule has 1 N–H and O–H groups in total. The fraction of sp³-hybridized carbons (Fsp3) is 0.882. The summed E-state index contributed by atoms with van der Waals surface area (Å²) in [5.41, 5.74) is 0. The molecule has 0 amide bonds. The second kappa shape index (κ2) is 13.1. The fourth-order valence-corrected chi connectivity index (χ4v) is 3.25. The third-order valence-corrected chi connectivity index (χ3v) is 4.81. The van der Waals surface area contributed by atoms with Crippen LogP contribution in [0.25, 0.3) is 0 Å². The number of unbranched alkanes of at least 4 members (excludes halogenated alkanes) is 7. The molecular formula is C17H31NO3S. The van der Waals surface area contributed by atoms with E-state index in [1.165, 1.54) is 43.9 Å². The third kappa shape index (κ3) is 10.4. The summed E-state index contributed by atoms with van der Waals surface area (Å²) in [4.78, 5) is 22.6. The maximum atomic E-state index is 11.9. The van der Waals surface area contributed by atoms with E-state index in [0.717, 1.165) is 31.6 Å². The van der Waals surface area contributed by atoms with Crippen LogP contribution in [0.5, 0.6) is 0 Å². The molecule has 0 aromatic heterocycles. The van der Waals surface area contributed by atoms with Crippen LogP contribution in [0.4, 0.5) is 0 Å². The van der Waals surface area contributed by atoms with Gasteiger partial charge in [-0.3, -0.25) is 9.59 Å². The molecule has 4 nitrogen and oxygen atoms in total. The van der Waals surface area contributed by atoms with Crippen molar-refractivity contribution >= 4 is 22.7 Å². The maximum Gasteiger partial charge on any atom is 0.185 e. The average molecular weight is 330 g/mol. The van der Waals surface area contributed by atoms with Gasteiger partial charge in [-0.05, 0) is 12.8 Å². The van der Waals surface area contributed by atoms with E-state index in [2.05, 4.69) is 5.32 Å². The number of nitrogens with one attached hydrogen (secondary N) is 1. The summed E-state index contributed by atoms with van der Waals surface area (Å²) in [7, 11) is 0. The molecule has 1 unspecified atom stereocenters. The number of hydrogen-bond acceptors (Lipinski definition) is 5. The number of ketones is 1. The number of rotatable bonds is 12. The maximum absolute atomic E-state index is 11.9. The van der Waals surface area contributed by atoms with Crippen LogP contribution in [0.2, 0.25) is 0 Å². The summed E-state index contributed by atoms with van der Waals surface area (Å²) in [6.07, 6.45) is 9.98. The van der Waals surface area contributed by atoms with Gasteiger partial charge in [0.1, 0.15) is 6.10 Å². The summed E-state index contributed by atoms with van der Waals surface area (Å²) in [5, 5.41) is 3.42. The quantitative estimate of drug-likeness (QED) is 0.557. The molecule has 0 spiro atoms. The Morgan fingerprint density at radius 1 is 1.05 bits per heavy atom. The fourth-order valence-electron chi connectivity index (χ4n) is 2.61. The smallest absolute Gasteiger partial charge is 0.185 e. The first-order chi connectivity index (χ1) is 10.7. The van der Waals surface area contributed by atoms with Crippen molar-refractivity contribution < 1.29 is 14.3 Å². The van der Waals surface area contributed by atoms with E-state index in [1.54, 1.807) is 6.92 Å². The van der Waals surface area contributed by atoms with Crippen LogP contribution in [-0.4, -0.2) is 42.5 Å². The molecule has 1 atom stereocenters. The monoisotopic (exact) mass is 329 g/mol. The molecule has 1 heterocycles. The van der Waals surface area contributed by atoms with Crippen LogP contribution in [0.1, 0.15) is 64.7 Å². The number of carbonyl (C=O) groups is 2. The molecule has 0 bridgehead atoms. The van der Waals surface area contributed by atoms with Gasteiger partial charge in [-0.1, -0.05) is 50.3 Å². The Morgan fingerprint density at radius 3 is 2.27 bits per heavy atom. The minimum atomic E-state index is -0.207. The lowest BCUT2D eigenvalue weighted by Gasteiger charge is -2.22. The first-order valence-corrected chi connectivity index (χ1v) is 9.67. The Kier molecular flexibility index (Phi) is 11.7. The van der Waals surface area contributed by atoms with E-state index in [4.69, 9.17) is 4.74 Å². The molecule has 1 fully saturated rings. The highest BCUT2D eigenvalue weighted by atomic mass is 32.2. The van der Waals surface area contributed by atoms with Crippen molar-refractivity contribution in [1.82, 2.24) is 5.32 Å². The highest BCUT2D eigenvalue weighted by Gasteiger charge is 2.20. The van der Waals surface area contributed by atoms with Crippen molar-refractivity contribution in [2.75, 3.05) is 25.4 Å². The van der Waals surface area contributed by atoms with Crippen molar-refractivity contribution in [3.05, 3.63) is 0 Å². The van der Waals surface area contributed by atoms with Gasteiger partial charge in [0.25, 0.3) is 0 Å². The molecule has 22 heavy (non-hydrogen) atoms. The Morgan fingerprint density at radius 2 is 1.68 bits per heavy atom. The van der Waals surface area contributed by atoms with Crippen LogP contribution in [0.3, 0.4) is 0 Å². The van der Waals surface area contributed by atoms with Gasteiger partial charge in [-0.2, -0.15) is 0 Å². The lowest BCUT2D eigenvalue weighted by atomic mass is 10.0. The zero-order valence-corrected chi connectivity index (χ0v) is 14.7. The van der Waals surface area contributed by atoms with Gasteiger partial charge >= 0.3 is 0 Å². The number of Topliss-reactive ketones (excluding diaryl/α,β-unsaturated/α-hetero) is 1. The van der Waals surface area contributed by atoms with Crippen LogP contribution in [-0.2, 0) is 14.3 Å². The van der Waals surface area contributed by atoms with Crippen LogP contribution in [0, 0.1) is 0 Å². The Hall–Kier alpha value is -0.390. The summed E-state index contributed by atoms with van der Waals surface area (Å²) < 4.78 is 5.46. The van der Waals surface area contributed by atoms with Gasteiger partial charge in [0, 0.05) is 32.2 Å². The standard InChI is InChI=1S/C17H31NO3S/c1-15(19)22-13-9-7-5-3-2-4-6-8-10-16(20)17-14-18-11-12-21-17/h17-18H,2-14H2,1H3. The molecule has 5 heteroatoms. The van der Waals surface area contributed by atoms with E-state index in [9.17, 15) is 9.59 Å². The molecule has 0 radical (unpaired) electrons. The van der Waals surface area contributed by atoms with Crippen molar-refractivity contribution in [1.29, 1.82) is 0 Å². The van der Waals surface area contributed by atoms with E-state index in [0.29, 0.717) is 19.6 Å². The van der Waals surface area contributed by atoms with E-state index in [-0.39, 0.29) is 17.0 Å². The zero-order valence-electron chi connectivity index (χ0n) is 13.9. The molecule has 1 rings (SSSR count). The van der Waals surface area contributed by atoms with E-state index in [1.807, 2.05) is 0 Å².